The van der Waals surface area contributed by atoms with Crippen molar-refractivity contribution >= 4 is 5.69 Å². The van der Waals surface area contributed by atoms with Crippen LogP contribution in [-0.2, 0) is 7.05 Å². The van der Waals surface area contributed by atoms with E-state index in [1.807, 2.05) is 6.92 Å². The molecule has 1 heterocycles. The van der Waals surface area contributed by atoms with E-state index in [0.717, 1.165) is 5.69 Å². The number of alkyl halides is 3. The van der Waals surface area contributed by atoms with Crippen LogP contribution in [0.4, 0.5) is 18.9 Å². The van der Waals surface area contributed by atoms with Crippen LogP contribution in [0, 0.1) is 13.8 Å². The molecule has 0 aromatic carbocycles. The minimum absolute atomic E-state index is 0.651. The predicted octanol–water partition coefficient (Wildman–Crippen LogP) is 2.79. The van der Waals surface area contributed by atoms with Gasteiger partial charge in [0.1, 0.15) is 0 Å². The summed E-state index contributed by atoms with van der Waals surface area (Å²) in [5.41, 5.74) is 2.25. The molecule has 1 rings (SSSR count). The third-order valence-electron chi connectivity index (χ3n) is 2.44. The monoisotopic (exact) mass is 235 g/mol. The van der Waals surface area contributed by atoms with Crippen molar-refractivity contribution < 1.29 is 13.2 Å². The lowest BCUT2D eigenvalue weighted by Crippen LogP contribution is -2.24. The summed E-state index contributed by atoms with van der Waals surface area (Å²) >= 11 is 0. The molecule has 3 nitrogen and oxygen atoms in total. The molecule has 1 N–H and O–H groups in total. The van der Waals surface area contributed by atoms with Crippen LogP contribution in [0.25, 0.3) is 0 Å². The van der Waals surface area contributed by atoms with Crippen LogP contribution in [0.2, 0.25) is 0 Å². The number of aryl methyl sites for hydroxylation is 2. The molecule has 1 aromatic rings. The minimum Gasteiger partial charge on any atom is -0.379 e. The van der Waals surface area contributed by atoms with Gasteiger partial charge in [0.2, 0.25) is 0 Å². The van der Waals surface area contributed by atoms with Crippen LogP contribution in [0.3, 0.4) is 0 Å². The zero-order valence-electron chi connectivity index (χ0n) is 9.81. The first-order chi connectivity index (χ1) is 7.20. The molecule has 16 heavy (non-hydrogen) atoms. The Kier molecular flexibility index (Phi) is 3.50. The highest BCUT2D eigenvalue weighted by atomic mass is 19.4. The van der Waals surface area contributed by atoms with Crippen LogP contribution in [0.15, 0.2) is 0 Å². The zero-order valence-corrected chi connectivity index (χ0v) is 9.81. The van der Waals surface area contributed by atoms with Crippen LogP contribution >= 0.6 is 0 Å². The van der Waals surface area contributed by atoms with Crippen molar-refractivity contribution in [3.05, 3.63) is 11.4 Å². The number of nitrogens with one attached hydrogen (secondary N) is 1. The summed E-state index contributed by atoms with van der Waals surface area (Å²) in [6.45, 7) is 5.11. The molecule has 1 aromatic heterocycles. The number of halogens is 3. The lowest BCUT2D eigenvalue weighted by atomic mass is 10.2. The topological polar surface area (TPSA) is 29.9 Å². The van der Waals surface area contributed by atoms with Crippen molar-refractivity contribution in [2.45, 2.75) is 39.4 Å². The van der Waals surface area contributed by atoms with E-state index in [2.05, 4.69) is 10.4 Å². The average Bonchev–Trinajstić information content (AvgIpc) is 2.29. The smallest absolute Gasteiger partial charge is 0.379 e. The SMILES string of the molecule is Cc1nn(C)c(C)c1NC(C)CC(F)(F)F. The van der Waals surface area contributed by atoms with Gasteiger partial charge in [-0.1, -0.05) is 0 Å². The summed E-state index contributed by atoms with van der Waals surface area (Å²) in [5, 5.41) is 6.99. The summed E-state index contributed by atoms with van der Waals surface area (Å²) < 4.78 is 38.1. The van der Waals surface area contributed by atoms with Gasteiger partial charge in [-0.15, -0.1) is 0 Å². The second-order valence-electron chi connectivity index (χ2n) is 4.03. The van der Waals surface area contributed by atoms with Gasteiger partial charge in [0.05, 0.1) is 23.5 Å². The Hall–Kier alpha value is -1.20. The molecule has 0 radical (unpaired) electrons. The van der Waals surface area contributed by atoms with Gasteiger partial charge in [-0.05, 0) is 20.8 Å². The van der Waals surface area contributed by atoms with E-state index in [1.54, 1.807) is 18.7 Å². The standard InChI is InChI=1S/C10H16F3N3/c1-6(5-10(11,12)13)14-9-7(2)15-16(4)8(9)3/h6,14H,5H2,1-4H3. The Morgan fingerprint density at radius 3 is 2.31 bits per heavy atom. The van der Waals surface area contributed by atoms with Gasteiger partial charge in [0, 0.05) is 13.1 Å². The minimum atomic E-state index is -4.14. The molecule has 1 unspecified atom stereocenters. The van der Waals surface area contributed by atoms with Gasteiger partial charge in [0.25, 0.3) is 0 Å². The van der Waals surface area contributed by atoms with E-state index in [-0.39, 0.29) is 0 Å². The van der Waals surface area contributed by atoms with Crippen molar-refractivity contribution in [2.24, 2.45) is 7.05 Å². The number of nitrogens with zero attached hydrogens (tertiary/aromatic N) is 2. The molecular formula is C10H16F3N3. The largest absolute Gasteiger partial charge is 0.391 e. The molecule has 0 aliphatic rings. The fraction of sp³-hybridized carbons (Fsp3) is 0.700. The van der Waals surface area contributed by atoms with Gasteiger partial charge in [-0.2, -0.15) is 18.3 Å². The molecule has 92 valence electrons. The van der Waals surface area contributed by atoms with E-state index in [9.17, 15) is 13.2 Å². The highest BCUT2D eigenvalue weighted by Gasteiger charge is 2.30. The third-order valence-corrected chi connectivity index (χ3v) is 2.44. The predicted molar refractivity (Wildman–Crippen MR) is 56.4 cm³/mol. The molecule has 0 saturated carbocycles. The van der Waals surface area contributed by atoms with Crippen molar-refractivity contribution in [1.29, 1.82) is 0 Å². The van der Waals surface area contributed by atoms with E-state index in [1.165, 1.54) is 6.92 Å². The maximum absolute atomic E-state index is 12.2. The normalized spacial score (nSPS) is 13.9. The van der Waals surface area contributed by atoms with Crippen LogP contribution in [0.5, 0.6) is 0 Å². The van der Waals surface area contributed by atoms with Crippen molar-refractivity contribution in [2.75, 3.05) is 5.32 Å². The highest BCUT2D eigenvalue weighted by molar-refractivity contribution is 5.52. The van der Waals surface area contributed by atoms with Crippen molar-refractivity contribution in [3.8, 4) is 0 Å². The van der Waals surface area contributed by atoms with Gasteiger partial charge < -0.3 is 5.32 Å². The summed E-state index contributed by atoms with van der Waals surface area (Å²) in [4.78, 5) is 0. The van der Waals surface area contributed by atoms with E-state index in [4.69, 9.17) is 0 Å². The summed E-state index contributed by atoms with van der Waals surface area (Å²) in [6.07, 6.45) is -4.99. The molecule has 0 aliphatic carbocycles. The Labute approximate surface area is 92.6 Å². The molecule has 0 bridgehead atoms. The first-order valence-electron chi connectivity index (χ1n) is 5.04. The molecule has 6 heteroatoms. The van der Waals surface area contributed by atoms with Gasteiger partial charge in [-0.3, -0.25) is 4.68 Å². The van der Waals surface area contributed by atoms with Crippen molar-refractivity contribution in [1.82, 2.24) is 9.78 Å². The quantitative estimate of drug-likeness (QED) is 0.873. The molecule has 0 fully saturated rings. The number of hydrogen-bond acceptors (Lipinski definition) is 2. The first-order valence-corrected chi connectivity index (χ1v) is 5.04. The van der Waals surface area contributed by atoms with E-state index in [0.29, 0.717) is 11.4 Å². The molecule has 0 spiro atoms. The average molecular weight is 235 g/mol. The molecule has 0 saturated heterocycles. The maximum Gasteiger partial charge on any atom is 0.391 e. The van der Waals surface area contributed by atoms with Crippen molar-refractivity contribution in [3.63, 3.8) is 0 Å². The Bertz CT molecular complexity index is 368. The van der Waals surface area contributed by atoms with Gasteiger partial charge in [0.15, 0.2) is 0 Å². The summed E-state index contributed by atoms with van der Waals surface area (Å²) in [6, 6.07) is -0.651. The number of aromatic nitrogens is 2. The van der Waals surface area contributed by atoms with Gasteiger partial charge in [-0.25, -0.2) is 0 Å². The second kappa shape index (κ2) is 4.35. The third kappa shape index (κ3) is 3.15. The molecular weight excluding hydrogens is 219 g/mol. The Morgan fingerprint density at radius 2 is 1.94 bits per heavy atom. The number of hydrogen-bond donors (Lipinski definition) is 1. The second-order valence-corrected chi connectivity index (χ2v) is 4.03. The fourth-order valence-electron chi connectivity index (χ4n) is 1.63. The Morgan fingerprint density at radius 1 is 1.38 bits per heavy atom. The van der Waals surface area contributed by atoms with Crippen LogP contribution in [-0.4, -0.2) is 22.0 Å². The maximum atomic E-state index is 12.2. The van der Waals surface area contributed by atoms with Crippen LogP contribution in [0.1, 0.15) is 24.7 Å². The lowest BCUT2D eigenvalue weighted by Gasteiger charge is -2.17. The fourth-order valence-corrected chi connectivity index (χ4v) is 1.63. The van der Waals surface area contributed by atoms with E-state index < -0.39 is 18.6 Å². The molecule has 0 aliphatic heterocycles. The molecule has 1 atom stereocenters. The Balaban J connectivity index is 2.73. The summed E-state index contributed by atoms with van der Waals surface area (Å²) in [5.74, 6) is 0. The van der Waals surface area contributed by atoms with E-state index >= 15 is 0 Å². The lowest BCUT2D eigenvalue weighted by molar-refractivity contribution is -0.136. The van der Waals surface area contributed by atoms with Crippen LogP contribution < -0.4 is 5.32 Å². The van der Waals surface area contributed by atoms with Gasteiger partial charge >= 0.3 is 6.18 Å². The highest BCUT2D eigenvalue weighted by Crippen LogP contribution is 2.25. The molecule has 0 amide bonds. The number of anilines is 1. The zero-order chi connectivity index (χ0) is 12.5. The summed E-state index contributed by atoms with van der Waals surface area (Å²) in [7, 11) is 1.77. The number of rotatable bonds is 3. The first kappa shape index (κ1) is 12.9.